The van der Waals surface area contributed by atoms with Gasteiger partial charge in [0.15, 0.2) is 0 Å². The topological polar surface area (TPSA) is 0 Å². The lowest BCUT2D eigenvalue weighted by atomic mass is 10.2. The summed E-state index contributed by atoms with van der Waals surface area (Å²) < 4.78 is 0. The molecule has 0 aliphatic heterocycles. The Morgan fingerprint density at radius 2 is 0.895 bits per heavy atom. The van der Waals surface area contributed by atoms with Crippen molar-refractivity contribution < 1.29 is 0 Å². The van der Waals surface area contributed by atoms with Crippen molar-refractivity contribution in [3.05, 3.63) is 83.6 Å². The summed E-state index contributed by atoms with van der Waals surface area (Å²) in [4.78, 5) is 0. The van der Waals surface area contributed by atoms with Crippen LogP contribution in [0.3, 0.4) is 0 Å². The van der Waals surface area contributed by atoms with Gasteiger partial charge in [0.2, 0.25) is 0 Å². The van der Waals surface area contributed by atoms with Gasteiger partial charge in [-0.3, -0.25) is 0 Å². The van der Waals surface area contributed by atoms with Crippen LogP contribution < -0.4 is 0 Å². The normalized spacial score (nSPS) is 15.7. The van der Waals surface area contributed by atoms with E-state index in [1.165, 1.54) is 16.7 Å². The van der Waals surface area contributed by atoms with E-state index >= 15 is 0 Å². The van der Waals surface area contributed by atoms with Gasteiger partial charge < -0.3 is 0 Å². The van der Waals surface area contributed by atoms with Crippen LogP contribution >= 0.6 is 0 Å². The van der Waals surface area contributed by atoms with Gasteiger partial charge in [0.05, 0.1) is 0 Å². The van der Waals surface area contributed by atoms with Gasteiger partial charge in [0, 0.05) is 0 Å². The van der Waals surface area contributed by atoms with Gasteiger partial charge in [-0.05, 0) is 34.6 Å². The molecule has 0 radical (unpaired) electrons. The van der Waals surface area contributed by atoms with Gasteiger partial charge >= 0.3 is 0 Å². The van der Waals surface area contributed by atoms with Gasteiger partial charge in [-0.1, -0.05) is 83.6 Å². The molecule has 0 saturated carbocycles. The van der Waals surface area contributed by atoms with E-state index in [0.29, 0.717) is 0 Å². The third-order valence-corrected chi connectivity index (χ3v) is 2.41. The Hall–Kier alpha value is -1.82. The SMILES string of the molecule is CC=CC(C)=CC=CC=C(C)C=CC=C(C)C=CC. The van der Waals surface area contributed by atoms with Crippen molar-refractivity contribution in [1.82, 2.24) is 0 Å². The lowest BCUT2D eigenvalue weighted by Crippen LogP contribution is -1.68. The van der Waals surface area contributed by atoms with Crippen molar-refractivity contribution in [2.75, 3.05) is 0 Å². The summed E-state index contributed by atoms with van der Waals surface area (Å²) in [5.74, 6) is 0. The zero-order chi connectivity index (χ0) is 14.5. The predicted octanol–water partition coefficient (Wildman–Crippen LogP) is 6.09. The Kier molecular flexibility index (Phi) is 10.2. The number of hydrogen-bond donors (Lipinski definition) is 0. The van der Waals surface area contributed by atoms with Crippen LogP contribution in [0.2, 0.25) is 0 Å². The quantitative estimate of drug-likeness (QED) is 0.503. The fourth-order valence-corrected chi connectivity index (χ4v) is 1.46. The standard InChI is InChI=1S/C19H26/c1-6-11-17(3)13-8-9-14-19(5)16-10-15-18(4)12-7-2/h6-16H,1-5H3. The third-order valence-electron chi connectivity index (χ3n) is 2.41. The molecule has 0 aromatic rings. The van der Waals surface area contributed by atoms with Crippen LogP contribution in [-0.4, -0.2) is 0 Å². The summed E-state index contributed by atoms with van der Waals surface area (Å²) in [7, 11) is 0. The minimum absolute atomic E-state index is 1.23. The van der Waals surface area contributed by atoms with Crippen LogP contribution in [0.15, 0.2) is 83.6 Å². The van der Waals surface area contributed by atoms with Crippen molar-refractivity contribution in [1.29, 1.82) is 0 Å². The van der Waals surface area contributed by atoms with Crippen molar-refractivity contribution in [3.8, 4) is 0 Å². The van der Waals surface area contributed by atoms with Crippen LogP contribution in [0.4, 0.5) is 0 Å². The lowest BCUT2D eigenvalue weighted by molar-refractivity contribution is 1.48. The molecular formula is C19H26. The van der Waals surface area contributed by atoms with Crippen molar-refractivity contribution in [2.45, 2.75) is 34.6 Å². The van der Waals surface area contributed by atoms with Crippen molar-refractivity contribution in [2.24, 2.45) is 0 Å². The van der Waals surface area contributed by atoms with E-state index in [1.807, 2.05) is 26.0 Å². The minimum atomic E-state index is 1.23. The minimum Gasteiger partial charge on any atom is -0.0874 e. The van der Waals surface area contributed by atoms with Crippen LogP contribution in [0.5, 0.6) is 0 Å². The van der Waals surface area contributed by atoms with E-state index < -0.39 is 0 Å². The summed E-state index contributed by atoms with van der Waals surface area (Å²) in [6, 6.07) is 0. The fourth-order valence-electron chi connectivity index (χ4n) is 1.46. The first kappa shape index (κ1) is 17.2. The molecule has 0 aromatic heterocycles. The zero-order valence-electron chi connectivity index (χ0n) is 12.9. The zero-order valence-corrected chi connectivity index (χ0v) is 12.9. The second kappa shape index (κ2) is 11.3. The van der Waals surface area contributed by atoms with E-state index in [2.05, 4.69) is 75.5 Å². The summed E-state index contributed by atoms with van der Waals surface area (Å²) >= 11 is 0. The van der Waals surface area contributed by atoms with E-state index in [-0.39, 0.29) is 0 Å². The lowest BCUT2D eigenvalue weighted by Gasteiger charge is -1.89. The average molecular weight is 254 g/mol. The van der Waals surface area contributed by atoms with Gasteiger partial charge in [0.1, 0.15) is 0 Å². The molecule has 0 aliphatic rings. The average Bonchev–Trinajstić information content (AvgIpc) is 2.35. The second-order valence-electron chi connectivity index (χ2n) is 4.48. The summed E-state index contributed by atoms with van der Waals surface area (Å²) in [5.41, 5.74) is 3.75. The Balaban J connectivity index is 4.43. The first-order chi connectivity index (χ1) is 9.10. The summed E-state index contributed by atoms with van der Waals surface area (Å²) in [6.45, 7) is 10.3. The maximum Gasteiger partial charge on any atom is -0.0398 e. The number of rotatable bonds is 6. The molecule has 0 N–H and O–H groups in total. The van der Waals surface area contributed by atoms with Crippen LogP contribution in [-0.2, 0) is 0 Å². The highest BCUT2D eigenvalue weighted by Gasteiger charge is 1.79. The molecule has 0 unspecified atom stereocenters. The second-order valence-corrected chi connectivity index (χ2v) is 4.48. The molecule has 0 rings (SSSR count). The summed E-state index contributed by atoms with van der Waals surface area (Å²) in [5, 5.41) is 0. The van der Waals surface area contributed by atoms with Crippen LogP contribution in [0.25, 0.3) is 0 Å². The molecule has 0 atom stereocenters. The molecule has 0 fully saturated rings. The first-order valence-corrected chi connectivity index (χ1v) is 6.72. The van der Waals surface area contributed by atoms with Crippen LogP contribution in [0, 0.1) is 0 Å². The molecule has 19 heavy (non-hydrogen) atoms. The van der Waals surface area contributed by atoms with E-state index in [9.17, 15) is 0 Å². The van der Waals surface area contributed by atoms with Gasteiger partial charge in [-0.25, -0.2) is 0 Å². The highest BCUT2D eigenvalue weighted by Crippen LogP contribution is 2.00. The van der Waals surface area contributed by atoms with Crippen LogP contribution in [0.1, 0.15) is 34.6 Å². The fraction of sp³-hybridized carbons (Fsp3) is 0.263. The van der Waals surface area contributed by atoms with Gasteiger partial charge in [-0.2, -0.15) is 0 Å². The molecule has 0 nitrogen and oxygen atoms in total. The van der Waals surface area contributed by atoms with Crippen molar-refractivity contribution >= 4 is 0 Å². The summed E-state index contributed by atoms with van der Waals surface area (Å²) in [6.07, 6.45) is 22.9. The monoisotopic (exact) mass is 254 g/mol. The maximum atomic E-state index is 2.11. The predicted molar refractivity (Wildman–Crippen MR) is 89.2 cm³/mol. The largest absolute Gasteiger partial charge is 0.0874 e. The first-order valence-electron chi connectivity index (χ1n) is 6.72. The van der Waals surface area contributed by atoms with E-state index in [4.69, 9.17) is 0 Å². The van der Waals surface area contributed by atoms with Crippen molar-refractivity contribution in [3.63, 3.8) is 0 Å². The highest BCUT2D eigenvalue weighted by atomic mass is 13.9. The molecule has 0 heteroatoms. The molecule has 0 bridgehead atoms. The van der Waals surface area contributed by atoms with E-state index in [0.717, 1.165) is 0 Å². The molecule has 102 valence electrons. The molecule has 0 amide bonds. The molecule has 0 saturated heterocycles. The third kappa shape index (κ3) is 11.0. The highest BCUT2D eigenvalue weighted by molar-refractivity contribution is 5.29. The molecule has 0 aromatic carbocycles. The molecule has 0 aliphatic carbocycles. The molecule has 0 heterocycles. The maximum absolute atomic E-state index is 2.11. The Labute approximate surface area is 118 Å². The number of allylic oxidation sites excluding steroid dienone is 14. The molecular weight excluding hydrogens is 228 g/mol. The Bertz CT molecular complexity index is 446. The number of hydrogen-bond acceptors (Lipinski definition) is 0. The Morgan fingerprint density at radius 1 is 0.526 bits per heavy atom. The molecule has 0 spiro atoms. The van der Waals surface area contributed by atoms with Gasteiger partial charge in [0.25, 0.3) is 0 Å². The smallest absolute Gasteiger partial charge is 0.0398 e. The van der Waals surface area contributed by atoms with E-state index in [1.54, 1.807) is 0 Å². The Morgan fingerprint density at radius 3 is 1.32 bits per heavy atom. The van der Waals surface area contributed by atoms with Gasteiger partial charge in [-0.15, -0.1) is 0 Å².